The summed E-state index contributed by atoms with van der Waals surface area (Å²) in [5.41, 5.74) is 2.97. The first-order chi connectivity index (χ1) is 15.0. The number of sulfonamides is 1. The maximum atomic E-state index is 13.7. The molecular formula is C24H22N2O3S2. The molecule has 158 valence electrons. The van der Waals surface area contributed by atoms with Gasteiger partial charge in [-0.05, 0) is 36.9 Å². The van der Waals surface area contributed by atoms with Gasteiger partial charge in [0, 0.05) is 22.6 Å². The fraction of sp³-hybridized carbons (Fsp3) is 0.125. The van der Waals surface area contributed by atoms with Crippen LogP contribution in [-0.4, -0.2) is 27.1 Å². The third-order valence-corrected chi connectivity index (χ3v) is 7.86. The van der Waals surface area contributed by atoms with E-state index in [1.54, 1.807) is 25.1 Å². The molecule has 4 rings (SSSR count). The van der Waals surface area contributed by atoms with Crippen LogP contribution in [0, 0.1) is 0 Å². The van der Waals surface area contributed by atoms with Gasteiger partial charge in [-0.1, -0.05) is 60.7 Å². The van der Waals surface area contributed by atoms with Crippen molar-refractivity contribution in [2.75, 3.05) is 22.4 Å². The van der Waals surface area contributed by atoms with Crippen LogP contribution in [0.25, 0.3) is 5.57 Å². The van der Waals surface area contributed by atoms with Crippen LogP contribution < -0.4 is 9.62 Å². The predicted molar refractivity (Wildman–Crippen MR) is 128 cm³/mol. The van der Waals surface area contributed by atoms with E-state index in [-0.39, 0.29) is 11.4 Å². The molecule has 31 heavy (non-hydrogen) atoms. The highest BCUT2D eigenvalue weighted by molar-refractivity contribution is 7.98. The standard InChI is InChI=1S/C24H22N2O3S2/c1-3-26-20-15-9-7-13-18(20)22(17-11-5-4-6-12-17)23(31(26,28)29)24(27)25-19-14-8-10-16-21(19)30-2/h4-16H,3H2,1-2H3,(H,25,27). The van der Waals surface area contributed by atoms with Crippen LogP contribution in [0.5, 0.6) is 0 Å². The fourth-order valence-electron chi connectivity index (χ4n) is 3.78. The average Bonchev–Trinajstić information content (AvgIpc) is 2.78. The zero-order valence-corrected chi connectivity index (χ0v) is 18.8. The molecule has 3 aromatic carbocycles. The van der Waals surface area contributed by atoms with Gasteiger partial charge in [0.2, 0.25) is 0 Å². The van der Waals surface area contributed by atoms with Crippen LogP contribution in [0.15, 0.2) is 88.7 Å². The van der Waals surface area contributed by atoms with Gasteiger partial charge in [-0.25, -0.2) is 8.42 Å². The summed E-state index contributed by atoms with van der Waals surface area (Å²) in [6.07, 6.45) is 1.91. The van der Waals surface area contributed by atoms with E-state index in [2.05, 4.69) is 5.32 Å². The predicted octanol–water partition coefficient (Wildman–Crippen LogP) is 4.98. The summed E-state index contributed by atoms with van der Waals surface area (Å²) in [5.74, 6) is -0.645. The molecule has 3 aromatic rings. The minimum Gasteiger partial charge on any atom is -0.320 e. The second kappa shape index (κ2) is 8.61. The second-order valence-corrected chi connectivity index (χ2v) is 9.56. The van der Waals surface area contributed by atoms with Crippen molar-refractivity contribution in [1.82, 2.24) is 0 Å². The van der Waals surface area contributed by atoms with Gasteiger partial charge >= 0.3 is 0 Å². The lowest BCUT2D eigenvalue weighted by atomic mass is 9.95. The average molecular weight is 451 g/mol. The third-order valence-electron chi connectivity index (χ3n) is 5.13. The highest BCUT2D eigenvalue weighted by atomic mass is 32.2. The van der Waals surface area contributed by atoms with Crippen molar-refractivity contribution in [1.29, 1.82) is 0 Å². The van der Waals surface area contributed by atoms with Gasteiger partial charge in [-0.3, -0.25) is 9.10 Å². The first-order valence-corrected chi connectivity index (χ1v) is 12.5. The van der Waals surface area contributed by atoms with Crippen molar-refractivity contribution in [3.63, 3.8) is 0 Å². The summed E-state index contributed by atoms with van der Waals surface area (Å²) >= 11 is 1.48. The molecule has 0 fully saturated rings. The molecular weight excluding hydrogens is 428 g/mol. The highest BCUT2D eigenvalue weighted by Gasteiger charge is 2.40. The van der Waals surface area contributed by atoms with Crippen LogP contribution in [0.2, 0.25) is 0 Å². The monoisotopic (exact) mass is 450 g/mol. The van der Waals surface area contributed by atoms with Crippen LogP contribution >= 0.6 is 11.8 Å². The lowest BCUT2D eigenvalue weighted by Gasteiger charge is -2.32. The number of carbonyl (C=O) groups excluding carboxylic acids is 1. The Kier molecular flexibility index (Phi) is 5.89. The molecule has 5 nitrogen and oxygen atoms in total. The van der Waals surface area contributed by atoms with E-state index >= 15 is 0 Å². The molecule has 0 radical (unpaired) electrons. The van der Waals surface area contributed by atoms with Crippen molar-refractivity contribution < 1.29 is 13.2 Å². The number of thioether (sulfide) groups is 1. The second-order valence-electron chi connectivity index (χ2n) is 6.91. The summed E-state index contributed by atoms with van der Waals surface area (Å²) in [6.45, 7) is 1.99. The van der Waals surface area contributed by atoms with Gasteiger partial charge < -0.3 is 5.32 Å². The largest absolute Gasteiger partial charge is 0.320 e. The first kappa shape index (κ1) is 21.2. The number of hydrogen-bond donors (Lipinski definition) is 1. The quantitative estimate of drug-likeness (QED) is 0.557. The molecule has 0 aliphatic carbocycles. The number of nitrogens with zero attached hydrogens (tertiary/aromatic N) is 1. The van der Waals surface area contributed by atoms with Crippen LogP contribution in [0.3, 0.4) is 0 Å². The SMILES string of the molecule is CCN1c2ccccc2C(c2ccccc2)=C(C(=O)Nc2ccccc2SC)S1(=O)=O. The van der Waals surface area contributed by atoms with E-state index in [1.807, 2.05) is 66.9 Å². The molecule has 0 unspecified atom stereocenters. The highest BCUT2D eigenvalue weighted by Crippen LogP contribution is 2.43. The van der Waals surface area contributed by atoms with E-state index < -0.39 is 15.9 Å². The lowest BCUT2D eigenvalue weighted by Crippen LogP contribution is -2.39. The topological polar surface area (TPSA) is 66.5 Å². The van der Waals surface area contributed by atoms with Gasteiger partial charge in [0.25, 0.3) is 15.9 Å². The lowest BCUT2D eigenvalue weighted by molar-refractivity contribution is -0.112. The van der Waals surface area contributed by atoms with Crippen molar-refractivity contribution in [2.45, 2.75) is 11.8 Å². The summed E-state index contributed by atoms with van der Waals surface area (Å²) in [7, 11) is -4.07. The van der Waals surface area contributed by atoms with E-state index in [0.29, 0.717) is 28.1 Å². The molecule has 0 spiro atoms. The number of hydrogen-bond acceptors (Lipinski definition) is 4. The molecule has 1 N–H and O–H groups in total. The maximum Gasteiger partial charge on any atom is 0.270 e. The Bertz CT molecular complexity index is 1270. The van der Waals surface area contributed by atoms with Crippen molar-refractivity contribution >= 4 is 44.6 Å². The van der Waals surface area contributed by atoms with Gasteiger partial charge in [-0.2, -0.15) is 0 Å². The molecule has 1 amide bonds. The van der Waals surface area contributed by atoms with Gasteiger partial charge in [0.05, 0.1) is 11.4 Å². The number of amides is 1. The number of para-hydroxylation sites is 2. The Hall–Kier alpha value is -3.03. The van der Waals surface area contributed by atoms with Gasteiger partial charge in [0.15, 0.2) is 4.91 Å². The summed E-state index contributed by atoms with van der Waals surface area (Å²) in [4.78, 5) is 14.1. The van der Waals surface area contributed by atoms with Crippen molar-refractivity contribution in [2.24, 2.45) is 0 Å². The molecule has 7 heteroatoms. The number of rotatable bonds is 5. The summed E-state index contributed by atoms with van der Waals surface area (Å²) in [5, 5.41) is 2.84. The number of nitrogens with one attached hydrogen (secondary N) is 1. The minimum atomic E-state index is -4.07. The van der Waals surface area contributed by atoms with Gasteiger partial charge in [-0.15, -0.1) is 11.8 Å². The smallest absolute Gasteiger partial charge is 0.270 e. The number of carbonyl (C=O) groups is 1. The molecule has 0 atom stereocenters. The van der Waals surface area contributed by atoms with E-state index in [9.17, 15) is 13.2 Å². The maximum absolute atomic E-state index is 13.7. The Labute approximate surface area is 186 Å². The first-order valence-electron chi connectivity index (χ1n) is 9.85. The zero-order chi connectivity index (χ0) is 22.0. The molecule has 0 aromatic heterocycles. The molecule has 1 heterocycles. The minimum absolute atomic E-state index is 0.222. The normalized spacial score (nSPS) is 14.8. The number of benzene rings is 3. The molecule has 1 aliphatic rings. The summed E-state index contributed by atoms with van der Waals surface area (Å²) in [6, 6.07) is 23.8. The Morgan fingerprint density at radius 1 is 0.935 bits per heavy atom. The van der Waals surface area contributed by atoms with E-state index in [0.717, 1.165) is 4.90 Å². The number of fused-ring (bicyclic) bond motifs is 1. The Morgan fingerprint density at radius 2 is 1.58 bits per heavy atom. The zero-order valence-electron chi connectivity index (χ0n) is 17.2. The third kappa shape index (κ3) is 3.75. The molecule has 0 saturated heterocycles. The molecule has 0 bridgehead atoms. The molecule has 0 saturated carbocycles. The van der Waals surface area contributed by atoms with E-state index in [4.69, 9.17) is 0 Å². The van der Waals surface area contributed by atoms with E-state index in [1.165, 1.54) is 16.1 Å². The van der Waals surface area contributed by atoms with Crippen molar-refractivity contribution in [3.05, 3.63) is 94.9 Å². The van der Waals surface area contributed by atoms with Crippen molar-refractivity contribution in [3.8, 4) is 0 Å². The summed E-state index contributed by atoms with van der Waals surface area (Å²) < 4.78 is 28.7. The Balaban J connectivity index is 1.98. The van der Waals surface area contributed by atoms with Crippen LogP contribution in [0.4, 0.5) is 11.4 Å². The molecule has 1 aliphatic heterocycles. The van der Waals surface area contributed by atoms with Crippen LogP contribution in [0.1, 0.15) is 18.1 Å². The fourth-order valence-corrected chi connectivity index (χ4v) is 6.09. The Morgan fingerprint density at radius 3 is 2.29 bits per heavy atom. The number of anilines is 2. The van der Waals surface area contributed by atoms with Crippen LogP contribution in [-0.2, 0) is 14.8 Å². The van der Waals surface area contributed by atoms with Gasteiger partial charge in [0.1, 0.15) is 0 Å².